The highest BCUT2D eigenvalue weighted by Gasteiger charge is 2.29. The summed E-state index contributed by atoms with van der Waals surface area (Å²) in [6.45, 7) is 9.60. The molecule has 0 spiro atoms. The first-order valence-corrected chi connectivity index (χ1v) is 17.4. The quantitative estimate of drug-likeness (QED) is 0.0631. The molecule has 0 atom stereocenters. The fraction of sp³-hybridized carbons (Fsp3) is 0.364. The molecule has 0 aliphatic rings. The van der Waals surface area contributed by atoms with Gasteiger partial charge in [0.15, 0.2) is 23.3 Å². The number of halogens is 4. The molecule has 226 valence electrons. The molecule has 4 nitrogen and oxygen atoms in total. The predicted octanol–water partition coefficient (Wildman–Crippen LogP) is 7.93. The Labute approximate surface area is 246 Å². The van der Waals surface area contributed by atoms with E-state index in [1.54, 1.807) is 24.3 Å². The Kier molecular flexibility index (Phi) is 11.9. The number of hydrogen-bond donors (Lipinski definition) is 1. The van der Waals surface area contributed by atoms with Gasteiger partial charge in [-0.05, 0) is 42.1 Å². The lowest BCUT2D eigenvalue weighted by Gasteiger charge is -2.24. The Bertz CT molecular complexity index is 1390. The van der Waals surface area contributed by atoms with Crippen molar-refractivity contribution in [2.45, 2.75) is 58.2 Å². The van der Waals surface area contributed by atoms with Gasteiger partial charge in [0.25, 0.3) is 0 Å². The molecule has 0 aliphatic carbocycles. The first-order chi connectivity index (χ1) is 20.0. The molecule has 1 N–H and O–H groups in total. The van der Waals surface area contributed by atoms with Crippen molar-refractivity contribution in [3.05, 3.63) is 84.0 Å². The van der Waals surface area contributed by atoms with Crippen molar-refractivity contribution in [2.24, 2.45) is 0 Å². The maximum absolute atomic E-state index is 15.2. The normalized spacial score (nSPS) is 11.4. The average Bonchev–Trinajstić information content (AvgIpc) is 2.98. The van der Waals surface area contributed by atoms with Gasteiger partial charge in [0.1, 0.15) is 5.75 Å². The zero-order chi connectivity index (χ0) is 30.9. The number of aliphatic hydroxyl groups excluding tert-OH is 1. The Balaban J connectivity index is 1.64. The molecule has 3 rings (SSSR count). The van der Waals surface area contributed by atoms with Crippen LogP contribution in [-0.2, 0) is 9.53 Å². The molecule has 0 aromatic heterocycles. The largest absolute Gasteiger partial charge is 0.494 e. The Morgan fingerprint density at radius 2 is 1.36 bits per heavy atom. The highest BCUT2D eigenvalue weighted by Crippen LogP contribution is 2.34. The topological polar surface area (TPSA) is 55.8 Å². The molecule has 0 fully saturated rings. The molecule has 0 bridgehead atoms. The second-order valence-electron chi connectivity index (χ2n) is 10.9. The van der Waals surface area contributed by atoms with Gasteiger partial charge in [-0.3, -0.25) is 0 Å². The highest BCUT2D eigenvalue weighted by atomic mass is 28.3. The van der Waals surface area contributed by atoms with Crippen LogP contribution in [0, 0.1) is 23.3 Å². The maximum atomic E-state index is 15.2. The lowest BCUT2D eigenvalue weighted by atomic mass is 9.98. The molecule has 0 heterocycles. The molecule has 0 aliphatic heterocycles. The van der Waals surface area contributed by atoms with E-state index in [1.807, 2.05) is 20.0 Å². The van der Waals surface area contributed by atoms with Crippen LogP contribution in [0.5, 0.6) is 5.75 Å². The minimum atomic E-state index is -2.23. The maximum Gasteiger partial charge on any atom is 0.335 e. The summed E-state index contributed by atoms with van der Waals surface area (Å²) in [5.41, 5.74) is -0.232. The molecule has 0 unspecified atom stereocenters. The van der Waals surface area contributed by atoms with Gasteiger partial charge < -0.3 is 14.6 Å². The average molecular weight is 603 g/mol. The zero-order valence-electron chi connectivity index (χ0n) is 24.4. The molecule has 0 radical (unpaired) electrons. The van der Waals surface area contributed by atoms with E-state index in [2.05, 4.69) is 6.58 Å². The molecule has 3 aromatic rings. The second-order valence-corrected chi connectivity index (χ2v) is 15.7. The molecular weight excluding hydrogens is 564 g/mol. The summed E-state index contributed by atoms with van der Waals surface area (Å²) in [7, 11) is -2.23. The molecular formula is C33H38F4O4Si. The summed E-state index contributed by atoms with van der Waals surface area (Å²) in [5, 5.41) is 9.19. The number of benzene rings is 3. The summed E-state index contributed by atoms with van der Waals surface area (Å²) >= 11 is 0. The fourth-order valence-corrected chi connectivity index (χ4v) is 7.39. The Morgan fingerprint density at radius 3 is 2.00 bits per heavy atom. The Hall–Kier alpha value is -3.43. The van der Waals surface area contributed by atoms with Crippen molar-refractivity contribution >= 4 is 19.2 Å². The summed E-state index contributed by atoms with van der Waals surface area (Å²) in [6.07, 6.45) is 3.96. The van der Waals surface area contributed by atoms with Gasteiger partial charge in [-0.1, -0.05) is 81.9 Å². The second kappa shape index (κ2) is 15.2. The minimum absolute atomic E-state index is 0.00756. The van der Waals surface area contributed by atoms with Crippen molar-refractivity contribution in [1.82, 2.24) is 0 Å². The third-order valence-corrected chi connectivity index (χ3v) is 10.7. The minimum Gasteiger partial charge on any atom is -0.494 e. The third-order valence-electron chi connectivity index (χ3n) is 7.27. The van der Waals surface area contributed by atoms with E-state index in [0.717, 1.165) is 25.3 Å². The standard InChI is InChI=1S/C33H38F4O4Si/c1-5-6-20-42(3,4)28-17-16-27(31(36)32(28)37)26-15-14-25(29(34)30(26)35)23-10-12-24(13-11-23)40-18-8-7-9-19-41-33(39)22(2)21-38/h10-17,38H,2,5-9,18-21H2,1,3-4H3. The number of hydrogen-bond acceptors (Lipinski definition) is 4. The monoisotopic (exact) mass is 602 g/mol. The van der Waals surface area contributed by atoms with Gasteiger partial charge in [0.05, 0.1) is 33.5 Å². The zero-order valence-corrected chi connectivity index (χ0v) is 25.4. The van der Waals surface area contributed by atoms with Gasteiger partial charge in [-0.25, -0.2) is 22.4 Å². The van der Waals surface area contributed by atoms with E-state index in [1.165, 1.54) is 24.3 Å². The van der Waals surface area contributed by atoms with Gasteiger partial charge >= 0.3 is 5.97 Å². The summed E-state index contributed by atoms with van der Waals surface area (Å²) < 4.78 is 71.3. The summed E-state index contributed by atoms with van der Waals surface area (Å²) in [4.78, 5) is 11.4. The molecule has 0 saturated carbocycles. The molecule has 9 heteroatoms. The predicted molar refractivity (Wildman–Crippen MR) is 161 cm³/mol. The van der Waals surface area contributed by atoms with Crippen LogP contribution in [0.15, 0.2) is 60.7 Å². The van der Waals surface area contributed by atoms with Crippen LogP contribution in [0.2, 0.25) is 19.1 Å². The van der Waals surface area contributed by atoms with Crippen LogP contribution in [-0.4, -0.2) is 39.0 Å². The van der Waals surface area contributed by atoms with E-state index in [4.69, 9.17) is 14.6 Å². The SMILES string of the molecule is C=C(CO)C(=O)OCCCCCOc1ccc(-c2ccc(-c3ccc([Si](C)(C)CCCC)c(F)c3F)c(F)c2F)cc1. The third kappa shape index (κ3) is 8.10. The van der Waals surface area contributed by atoms with Crippen molar-refractivity contribution in [3.8, 4) is 28.0 Å². The van der Waals surface area contributed by atoms with Crippen molar-refractivity contribution in [1.29, 1.82) is 0 Å². The van der Waals surface area contributed by atoms with Crippen LogP contribution in [0.4, 0.5) is 17.6 Å². The molecule has 0 saturated heterocycles. The van der Waals surface area contributed by atoms with Crippen LogP contribution in [0.1, 0.15) is 39.0 Å². The first-order valence-electron chi connectivity index (χ1n) is 14.2. The van der Waals surface area contributed by atoms with E-state index in [-0.39, 0.29) is 28.9 Å². The molecule has 3 aromatic carbocycles. The van der Waals surface area contributed by atoms with E-state index in [9.17, 15) is 4.79 Å². The van der Waals surface area contributed by atoms with Gasteiger partial charge in [-0.2, -0.15) is 0 Å². The van der Waals surface area contributed by atoms with Crippen LogP contribution in [0.3, 0.4) is 0 Å². The lowest BCUT2D eigenvalue weighted by Crippen LogP contribution is -2.43. The van der Waals surface area contributed by atoms with Gasteiger partial charge in [0.2, 0.25) is 0 Å². The first kappa shape index (κ1) is 33.1. The van der Waals surface area contributed by atoms with Crippen LogP contribution < -0.4 is 9.92 Å². The van der Waals surface area contributed by atoms with Crippen molar-refractivity contribution in [3.63, 3.8) is 0 Å². The number of carbonyl (C=O) groups is 1. The van der Waals surface area contributed by atoms with Crippen molar-refractivity contribution < 1.29 is 36.9 Å². The number of ether oxygens (including phenoxy) is 2. The van der Waals surface area contributed by atoms with Crippen molar-refractivity contribution in [2.75, 3.05) is 19.8 Å². The van der Waals surface area contributed by atoms with Gasteiger partial charge in [0, 0.05) is 16.7 Å². The number of aliphatic hydroxyl groups is 1. The lowest BCUT2D eigenvalue weighted by molar-refractivity contribution is -0.139. The Morgan fingerprint density at radius 1 is 0.786 bits per heavy atom. The van der Waals surface area contributed by atoms with Crippen LogP contribution in [0.25, 0.3) is 22.3 Å². The number of esters is 1. The fourth-order valence-electron chi connectivity index (χ4n) is 4.65. The van der Waals surface area contributed by atoms with E-state index >= 15 is 17.6 Å². The van der Waals surface area contributed by atoms with E-state index in [0.29, 0.717) is 35.9 Å². The molecule has 42 heavy (non-hydrogen) atoms. The molecule has 0 amide bonds. The van der Waals surface area contributed by atoms with Gasteiger partial charge in [-0.15, -0.1) is 0 Å². The number of carbonyl (C=O) groups excluding carboxylic acids is 1. The highest BCUT2D eigenvalue weighted by molar-refractivity contribution is 6.89. The summed E-state index contributed by atoms with van der Waals surface area (Å²) in [5.74, 6) is -4.60. The van der Waals surface area contributed by atoms with E-state index < -0.39 is 43.9 Å². The smallest absolute Gasteiger partial charge is 0.335 e. The number of rotatable bonds is 15. The summed E-state index contributed by atoms with van der Waals surface area (Å²) in [6, 6.07) is 12.8. The number of unbranched alkanes of at least 4 members (excludes halogenated alkanes) is 3. The van der Waals surface area contributed by atoms with Crippen LogP contribution >= 0.6 is 0 Å².